The summed E-state index contributed by atoms with van der Waals surface area (Å²) < 4.78 is 33.0. The first-order valence-electron chi connectivity index (χ1n) is 8.02. The monoisotopic (exact) mass is 222 g/mol. The molecule has 0 amide bonds. The van der Waals surface area contributed by atoms with Crippen molar-refractivity contribution in [3.8, 4) is 0 Å². The molecule has 0 unspecified atom stereocenters. The molecule has 2 rings (SSSR count). The van der Waals surface area contributed by atoms with Gasteiger partial charge in [-0.3, -0.25) is 0 Å². The van der Waals surface area contributed by atoms with Gasteiger partial charge in [-0.05, 0) is 37.1 Å². The topological polar surface area (TPSA) is 20.2 Å². The van der Waals surface area contributed by atoms with E-state index in [9.17, 15) is 5.11 Å². The minimum absolute atomic E-state index is 0.0195. The molecule has 16 heavy (non-hydrogen) atoms. The highest BCUT2D eigenvalue weighted by Gasteiger charge is 2.34. The first kappa shape index (κ1) is 7.50. The molecule has 1 aliphatic carbocycles. The van der Waals surface area contributed by atoms with Crippen LogP contribution >= 0.6 is 0 Å². The molecule has 1 fully saturated rings. The maximum atomic E-state index is 10.9. The smallest absolute Gasteiger partial charge is 0.0896 e. The Morgan fingerprint density at radius 2 is 1.94 bits per heavy atom. The Bertz CT molecular complexity index is 440. The predicted octanol–water partition coefficient (Wildman–Crippen LogP) is 3.86. The van der Waals surface area contributed by atoms with Gasteiger partial charge < -0.3 is 5.11 Å². The molecule has 1 nitrogen and oxygen atoms in total. The van der Waals surface area contributed by atoms with Crippen molar-refractivity contribution >= 4 is 0 Å². The van der Waals surface area contributed by atoms with Crippen LogP contribution in [0.15, 0.2) is 30.3 Å². The summed E-state index contributed by atoms with van der Waals surface area (Å²) in [5.41, 5.74) is -1.77. The zero-order chi connectivity index (χ0) is 15.0. The largest absolute Gasteiger partial charge is 0.385 e. The third-order valence-corrected chi connectivity index (χ3v) is 3.18. The molecule has 0 saturated heterocycles. The third-order valence-electron chi connectivity index (χ3n) is 3.18. The van der Waals surface area contributed by atoms with Gasteiger partial charge in [0.25, 0.3) is 0 Å². The Balaban J connectivity index is 2.46. The molecule has 1 aromatic rings. The number of hydrogen-bond acceptors (Lipinski definition) is 1. The van der Waals surface area contributed by atoms with E-state index >= 15 is 0 Å². The zero-order valence-corrected chi connectivity index (χ0v) is 9.74. The summed E-state index contributed by atoms with van der Waals surface area (Å²) in [6.45, 7) is 2.02. The molecule has 0 aromatic heterocycles. The molecule has 88 valence electrons. The second-order valence-electron chi connectivity index (χ2n) is 4.49. The highest BCUT2D eigenvalue weighted by atomic mass is 16.3. The molecule has 0 atom stereocenters. The van der Waals surface area contributed by atoms with E-state index in [1.54, 1.807) is 30.3 Å². The van der Waals surface area contributed by atoms with Crippen molar-refractivity contribution in [1.82, 2.24) is 0 Å². The zero-order valence-electron chi connectivity index (χ0n) is 13.7. The second kappa shape index (κ2) is 5.01. The summed E-state index contributed by atoms with van der Waals surface area (Å²) in [7, 11) is 0. The fraction of sp³-hybridized carbons (Fsp3) is 0.600. The predicted molar refractivity (Wildman–Crippen MR) is 67.2 cm³/mol. The van der Waals surface area contributed by atoms with Gasteiger partial charge in [-0.2, -0.15) is 0 Å². The van der Waals surface area contributed by atoms with Crippen molar-refractivity contribution in [2.45, 2.75) is 51.0 Å². The normalized spacial score (nSPS) is 40.2. The lowest BCUT2D eigenvalue weighted by Crippen LogP contribution is -2.31. The lowest BCUT2D eigenvalue weighted by molar-refractivity contribution is -0.0152. The number of hydrogen-bond donors (Lipinski definition) is 1. The van der Waals surface area contributed by atoms with Crippen LogP contribution in [0.25, 0.3) is 0 Å². The van der Waals surface area contributed by atoms with Gasteiger partial charge in [0.05, 0.1) is 5.60 Å². The summed E-state index contributed by atoms with van der Waals surface area (Å²) in [5.74, 6) is -0.0195. The van der Waals surface area contributed by atoms with Crippen LogP contribution in [0.4, 0.5) is 0 Å². The first-order chi connectivity index (χ1) is 9.24. The minimum atomic E-state index is -2.09. The van der Waals surface area contributed by atoms with E-state index in [0.29, 0.717) is 5.56 Å². The Morgan fingerprint density at radius 1 is 1.31 bits per heavy atom. The first-order valence-corrected chi connectivity index (χ1v) is 6.02. The van der Waals surface area contributed by atoms with E-state index < -0.39 is 18.3 Å². The van der Waals surface area contributed by atoms with Crippen LogP contribution in [0.3, 0.4) is 0 Å². The van der Waals surface area contributed by atoms with Crippen LogP contribution in [0.5, 0.6) is 0 Å². The molecule has 1 aliphatic rings. The maximum Gasteiger partial charge on any atom is 0.0896 e. The van der Waals surface area contributed by atoms with Crippen LogP contribution in [-0.2, 0) is 5.60 Å². The van der Waals surface area contributed by atoms with E-state index in [-0.39, 0.29) is 18.8 Å². The quantitative estimate of drug-likeness (QED) is 0.823. The van der Waals surface area contributed by atoms with Gasteiger partial charge in [-0.25, -0.2) is 0 Å². The van der Waals surface area contributed by atoms with E-state index in [1.807, 2.05) is 6.92 Å². The molecule has 0 bridgehead atoms. The fourth-order valence-electron chi connectivity index (χ4n) is 2.21. The molecule has 1 heteroatoms. The van der Waals surface area contributed by atoms with E-state index in [0.717, 1.165) is 12.8 Å². The van der Waals surface area contributed by atoms with Crippen molar-refractivity contribution in [3.63, 3.8) is 0 Å². The summed E-state index contributed by atoms with van der Waals surface area (Å²) >= 11 is 0. The lowest BCUT2D eigenvalue weighted by atomic mass is 9.74. The lowest BCUT2D eigenvalue weighted by Gasteiger charge is -2.36. The maximum absolute atomic E-state index is 10.9. The molecular formula is C15H22O. The van der Waals surface area contributed by atoms with Crippen molar-refractivity contribution in [2.24, 2.45) is 5.92 Å². The van der Waals surface area contributed by atoms with Crippen LogP contribution in [0, 0.1) is 5.92 Å². The third kappa shape index (κ3) is 2.46. The molecule has 0 aliphatic heterocycles. The standard InChI is InChI=1S/C15H22O/c1-2-6-13-9-11-15(16,12-10-13)14-7-4-3-5-8-14/h3-5,7-8,13,16H,2,6,9-12H2,1H3/i11D2,12D2. The highest BCUT2D eigenvalue weighted by molar-refractivity contribution is 5.22. The van der Waals surface area contributed by atoms with Crippen LogP contribution in [0.2, 0.25) is 0 Å². The second-order valence-corrected chi connectivity index (χ2v) is 4.49. The number of aliphatic hydroxyl groups is 1. The average molecular weight is 222 g/mol. The van der Waals surface area contributed by atoms with Gasteiger partial charge in [0.2, 0.25) is 0 Å². The summed E-state index contributed by atoms with van der Waals surface area (Å²) in [5, 5.41) is 10.9. The van der Waals surface area contributed by atoms with E-state index in [2.05, 4.69) is 0 Å². The van der Waals surface area contributed by atoms with Crippen molar-refractivity contribution in [1.29, 1.82) is 0 Å². The number of benzene rings is 1. The summed E-state index contributed by atoms with van der Waals surface area (Å²) in [4.78, 5) is 0. The molecule has 0 spiro atoms. The van der Waals surface area contributed by atoms with Gasteiger partial charge in [0.1, 0.15) is 0 Å². The summed E-state index contributed by atoms with van der Waals surface area (Å²) in [6, 6.07) is 8.40. The van der Waals surface area contributed by atoms with Gasteiger partial charge >= 0.3 is 0 Å². The van der Waals surface area contributed by atoms with Crippen molar-refractivity contribution in [3.05, 3.63) is 35.9 Å². The van der Waals surface area contributed by atoms with Crippen molar-refractivity contribution < 1.29 is 10.6 Å². The van der Waals surface area contributed by atoms with Crippen LogP contribution in [-0.4, -0.2) is 5.11 Å². The SMILES string of the molecule is [2H]C1([2H])CC(CCC)CC([2H])([2H])C1(O)c1ccccc1. The fourth-order valence-corrected chi connectivity index (χ4v) is 2.21. The van der Waals surface area contributed by atoms with Gasteiger partial charge in [0, 0.05) is 5.48 Å². The molecule has 1 aromatic carbocycles. The minimum Gasteiger partial charge on any atom is -0.385 e. The van der Waals surface area contributed by atoms with Crippen LogP contribution in [0.1, 0.15) is 56.4 Å². The highest BCUT2D eigenvalue weighted by Crippen LogP contribution is 2.40. The molecular weight excluding hydrogens is 196 g/mol. The molecule has 0 heterocycles. The molecule has 0 radical (unpaired) electrons. The van der Waals surface area contributed by atoms with Gasteiger partial charge in [0.15, 0.2) is 0 Å². The van der Waals surface area contributed by atoms with E-state index in [1.165, 1.54) is 0 Å². The van der Waals surface area contributed by atoms with Gasteiger partial charge in [-0.1, -0.05) is 50.1 Å². The summed E-state index contributed by atoms with van der Waals surface area (Å²) in [6.07, 6.45) is -1.85. The van der Waals surface area contributed by atoms with Gasteiger partial charge in [-0.15, -0.1) is 0 Å². The average Bonchev–Trinajstić information content (AvgIpc) is 2.36. The Kier molecular flexibility index (Phi) is 2.35. The molecule has 1 N–H and O–H groups in total. The number of rotatable bonds is 3. The Hall–Kier alpha value is -0.820. The van der Waals surface area contributed by atoms with Crippen molar-refractivity contribution in [2.75, 3.05) is 0 Å². The molecule has 1 saturated carbocycles. The van der Waals surface area contributed by atoms with E-state index in [4.69, 9.17) is 5.48 Å². The Morgan fingerprint density at radius 3 is 2.50 bits per heavy atom. The van der Waals surface area contributed by atoms with Crippen LogP contribution < -0.4 is 0 Å². The Labute approximate surface area is 104 Å².